The molecule has 2 rings (SSSR count). The van der Waals surface area contributed by atoms with Crippen LogP contribution in [0.3, 0.4) is 0 Å². The van der Waals surface area contributed by atoms with E-state index in [2.05, 4.69) is 4.98 Å². The van der Waals surface area contributed by atoms with Gasteiger partial charge in [0, 0.05) is 6.07 Å². The maximum absolute atomic E-state index is 10.8. The van der Waals surface area contributed by atoms with Crippen molar-refractivity contribution in [2.75, 3.05) is 0 Å². The van der Waals surface area contributed by atoms with Crippen molar-refractivity contribution in [2.24, 2.45) is 0 Å². The number of nitrogens with zero attached hydrogens (tertiary/aromatic N) is 1. The third-order valence-electron chi connectivity index (χ3n) is 2.07. The maximum Gasteiger partial charge on any atom is 0.354 e. The van der Waals surface area contributed by atoms with Crippen molar-refractivity contribution in [1.29, 1.82) is 0 Å². The van der Waals surface area contributed by atoms with Crippen molar-refractivity contribution in [3.63, 3.8) is 0 Å². The molecule has 0 spiro atoms. The lowest BCUT2D eigenvalue weighted by Crippen LogP contribution is -2.00. The van der Waals surface area contributed by atoms with Gasteiger partial charge in [-0.05, 0) is 18.2 Å². The highest BCUT2D eigenvalue weighted by molar-refractivity contribution is 6.42. The van der Waals surface area contributed by atoms with Gasteiger partial charge in [0.15, 0.2) is 5.69 Å². The summed E-state index contributed by atoms with van der Waals surface area (Å²) >= 11 is 11.8. The lowest BCUT2D eigenvalue weighted by Gasteiger charge is -2.07. The number of ether oxygens (including phenoxy) is 1. The highest BCUT2D eigenvalue weighted by Gasteiger charge is 2.09. The van der Waals surface area contributed by atoms with Gasteiger partial charge in [-0.2, -0.15) is 0 Å². The lowest BCUT2D eigenvalue weighted by molar-refractivity contribution is 0.0689. The molecule has 1 heterocycles. The normalized spacial score (nSPS) is 10.1. The van der Waals surface area contributed by atoms with Crippen LogP contribution >= 0.6 is 23.2 Å². The van der Waals surface area contributed by atoms with Crippen molar-refractivity contribution < 1.29 is 14.6 Å². The van der Waals surface area contributed by atoms with Crippen LogP contribution in [-0.4, -0.2) is 16.1 Å². The number of hydrogen-bond donors (Lipinski definition) is 1. The summed E-state index contributed by atoms with van der Waals surface area (Å²) in [6, 6.07) is 9.34. The van der Waals surface area contributed by atoms with Gasteiger partial charge in [-0.1, -0.05) is 35.3 Å². The van der Waals surface area contributed by atoms with Crippen molar-refractivity contribution in [1.82, 2.24) is 4.98 Å². The average molecular weight is 284 g/mol. The zero-order valence-corrected chi connectivity index (χ0v) is 10.4. The van der Waals surface area contributed by atoms with Gasteiger partial charge in [-0.25, -0.2) is 9.78 Å². The first-order chi connectivity index (χ1) is 8.58. The molecule has 0 aliphatic rings. The largest absolute Gasteiger partial charge is 0.477 e. The van der Waals surface area contributed by atoms with Crippen molar-refractivity contribution in [3.8, 4) is 11.6 Å². The van der Waals surface area contributed by atoms with Crippen molar-refractivity contribution >= 4 is 29.2 Å². The monoisotopic (exact) mass is 283 g/mol. The standard InChI is InChI=1S/C12H7Cl2NO3/c13-7-3-1-5-9(11(7)14)18-10-6-2-4-8(15-10)12(16)17/h1-6H,(H,16,17). The number of aromatic nitrogens is 1. The van der Waals surface area contributed by atoms with Crippen LogP contribution in [0.25, 0.3) is 0 Å². The molecule has 4 nitrogen and oxygen atoms in total. The second-order valence-corrected chi connectivity index (χ2v) is 4.11. The van der Waals surface area contributed by atoms with E-state index in [1.807, 2.05) is 0 Å². The molecule has 1 aromatic carbocycles. The molecule has 0 aliphatic heterocycles. The van der Waals surface area contributed by atoms with Crippen LogP contribution in [0, 0.1) is 0 Å². The summed E-state index contributed by atoms with van der Waals surface area (Å²) < 4.78 is 5.39. The first-order valence-corrected chi connectivity index (χ1v) is 5.66. The Kier molecular flexibility index (Phi) is 3.69. The number of rotatable bonds is 3. The van der Waals surface area contributed by atoms with Crippen molar-refractivity contribution in [2.45, 2.75) is 0 Å². The molecule has 0 saturated heterocycles. The molecular weight excluding hydrogens is 277 g/mol. The maximum atomic E-state index is 10.8. The highest BCUT2D eigenvalue weighted by Crippen LogP contribution is 2.33. The van der Waals surface area contributed by atoms with E-state index in [9.17, 15) is 4.79 Å². The quantitative estimate of drug-likeness (QED) is 0.929. The Balaban J connectivity index is 2.31. The number of halogens is 2. The van der Waals surface area contributed by atoms with Gasteiger partial charge in [0.2, 0.25) is 5.88 Å². The van der Waals surface area contributed by atoms with Gasteiger partial charge in [0.25, 0.3) is 0 Å². The summed E-state index contributed by atoms with van der Waals surface area (Å²) in [4.78, 5) is 14.6. The fourth-order valence-electron chi connectivity index (χ4n) is 1.27. The molecule has 0 saturated carbocycles. The van der Waals surface area contributed by atoms with E-state index in [1.54, 1.807) is 18.2 Å². The number of aromatic carboxylic acids is 1. The number of pyridine rings is 1. The number of carbonyl (C=O) groups is 1. The molecular formula is C12H7Cl2NO3. The third-order valence-corrected chi connectivity index (χ3v) is 2.87. The Hall–Kier alpha value is -1.78. The Morgan fingerprint density at radius 3 is 2.61 bits per heavy atom. The Bertz CT molecular complexity index is 602. The molecule has 1 aromatic heterocycles. The first-order valence-electron chi connectivity index (χ1n) is 4.90. The minimum absolute atomic E-state index is 0.106. The summed E-state index contributed by atoms with van der Waals surface area (Å²) in [6.45, 7) is 0. The molecule has 0 fully saturated rings. The van der Waals surface area contributed by atoms with Crippen LogP contribution in [0.5, 0.6) is 11.6 Å². The third kappa shape index (κ3) is 2.72. The minimum atomic E-state index is -1.13. The minimum Gasteiger partial charge on any atom is -0.477 e. The summed E-state index contributed by atoms with van der Waals surface area (Å²) in [7, 11) is 0. The molecule has 1 N–H and O–H groups in total. The molecule has 0 unspecified atom stereocenters. The lowest BCUT2D eigenvalue weighted by atomic mass is 10.3. The van der Waals surface area contributed by atoms with Gasteiger partial charge in [-0.15, -0.1) is 0 Å². The zero-order chi connectivity index (χ0) is 13.1. The summed E-state index contributed by atoms with van der Waals surface area (Å²) in [5, 5.41) is 9.41. The van der Waals surface area contributed by atoms with Crippen LogP contribution in [-0.2, 0) is 0 Å². The molecule has 6 heteroatoms. The van der Waals surface area contributed by atoms with Crippen molar-refractivity contribution in [3.05, 3.63) is 52.1 Å². The Morgan fingerprint density at radius 2 is 1.89 bits per heavy atom. The van der Waals surface area contributed by atoms with E-state index in [1.165, 1.54) is 18.2 Å². The number of carboxylic acid groups (broad SMARTS) is 1. The molecule has 2 aromatic rings. The Labute approximate surface area is 113 Å². The average Bonchev–Trinajstić information content (AvgIpc) is 2.35. The number of hydrogen-bond acceptors (Lipinski definition) is 3. The number of carboxylic acids is 1. The first kappa shape index (κ1) is 12.7. The Morgan fingerprint density at radius 1 is 1.17 bits per heavy atom. The van der Waals surface area contributed by atoms with E-state index in [-0.39, 0.29) is 16.6 Å². The fraction of sp³-hybridized carbons (Fsp3) is 0. The topological polar surface area (TPSA) is 59.4 Å². The predicted molar refractivity (Wildman–Crippen MR) is 67.7 cm³/mol. The summed E-state index contributed by atoms with van der Waals surface area (Å²) in [5.74, 6) is -0.670. The van der Waals surface area contributed by atoms with E-state index < -0.39 is 5.97 Å². The van der Waals surface area contributed by atoms with Crippen LogP contribution in [0.15, 0.2) is 36.4 Å². The molecule has 0 atom stereocenters. The molecule has 0 aliphatic carbocycles. The van der Waals surface area contributed by atoms with Gasteiger partial charge >= 0.3 is 5.97 Å². The van der Waals surface area contributed by atoms with E-state index >= 15 is 0 Å². The zero-order valence-electron chi connectivity index (χ0n) is 8.93. The van der Waals surface area contributed by atoms with Gasteiger partial charge in [-0.3, -0.25) is 0 Å². The van der Waals surface area contributed by atoms with Crippen LogP contribution < -0.4 is 4.74 Å². The van der Waals surface area contributed by atoms with Crippen LogP contribution in [0.2, 0.25) is 10.0 Å². The van der Waals surface area contributed by atoms with Gasteiger partial charge in [0.1, 0.15) is 10.8 Å². The van der Waals surface area contributed by atoms with E-state index in [0.717, 1.165) is 0 Å². The predicted octanol–water partition coefficient (Wildman–Crippen LogP) is 3.88. The summed E-state index contributed by atoms with van der Waals surface area (Å²) in [5.41, 5.74) is -0.106. The SMILES string of the molecule is O=C(O)c1cccc(Oc2cccc(Cl)c2Cl)n1. The second-order valence-electron chi connectivity index (χ2n) is 3.32. The van der Waals surface area contributed by atoms with E-state index in [0.29, 0.717) is 10.8 Å². The van der Waals surface area contributed by atoms with Crippen LogP contribution in [0.1, 0.15) is 10.5 Å². The van der Waals surface area contributed by atoms with Gasteiger partial charge < -0.3 is 9.84 Å². The van der Waals surface area contributed by atoms with Crippen LogP contribution in [0.4, 0.5) is 0 Å². The molecule has 92 valence electrons. The molecule has 0 amide bonds. The second kappa shape index (κ2) is 5.25. The smallest absolute Gasteiger partial charge is 0.354 e. The fourth-order valence-corrected chi connectivity index (χ4v) is 1.60. The highest BCUT2D eigenvalue weighted by atomic mass is 35.5. The molecule has 0 radical (unpaired) electrons. The molecule has 18 heavy (non-hydrogen) atoms. The summed E-state index contributed by atoms with van der Waals surface area (Å²) in [6.07, 6.45) is 0. The molecule has 0 bridgehead atoms. The van der Waals surface area contributed by atoms with Gasteiger partial charge in [0.05, 0.1) is 5.02 Å². The number of benzene rings is 1. The van der Waals surface area contributed by atoms with E-state index in [4.69, 9.17) is 33.0 Å².